The van der Waals surface area contributed by atoms with E-state index in [2.05, 4.69) is 10.6 Å². The Morgan fingerprint density at radius 1 is 1.00 bits per heavy atom. The monoisotopic (exact) mass is 506 g/mol. The molecule has 0 spiro atoms. The molecule has 2 amide bonds. The Bertz CT molecular complexity index is 900. The van der Waals surface area contributed by atoms with Crippen LogP contribution in [0.25, 0.3) is 0 Å². The number of benzene rings is 1. The molecule has 1 fully saturated rings. The van der Waals surface area contributed by atoms with Gasteiger partial charge in [0.1, 0.15) is 11.8 Å². The van der Waals surface area contributed by atoms with Gasteiger partial charge in [-0.05, 0) is 56.3 Å². The number of hydrogen-bond acceptors (Lipinski definition) is 7. The van der Waals surface area contributed by atoms with Crippen LogP contribution < -0.4 is 22.1 Å². The van der Waals surface area contributed by atoms with E-state index < -0.39 is 47.2 Å². The number of amides is 2. The summed E-state index contributed by atoms with van der Waals surface area (Å²) >= 11 is 0. The molecule has 1 saturated carbocycles. The number of unbranched alkanes of at least 4 members (excludes halogenated alkanes) is 1. The van der Waals surface area contributed by atoms with Gasteiger partial charge >= 0.3 is 11.9 Å². The fourth-order valence-corrected chi connectivity index (χ4v) is 4.67. The van der Waals surface area contributed by atoms with E-state index in [9.17, 15) is 34.5 Å². The number of phenolic OH excluding ortho intramolecular Hbond substituents is 1. The van der Waals surface area contributed by atoms with Crippen LogP contribution in [0.3, 0.4) is 0 Å². The molecule has 11 nitrogen and oxygen atoms in total. The molecule has 0 aliphatic heterocycles. The highest BCUT2D eigenvalue weighted by Crippen LogP contribution is 2.43. The molecule has 11 heteroatoms. The number of aliphatic carboxylic acids is 2. The molecule has 1 aromatic rings. The highest BCUT2D eigenvalue weighted by Gasteiger charge is 2.45. The summed E-state index contributed by atoms with van der Waals surface area (Å²) in [6.07, 6.45) is 4.14. The first-order valence-electron chi connectivity index (χ1n) is 12.4. The summed E-state index contributed by atoms with van der Waals surface area (Å²) < 4.78 is 0. The lowest BCUT2D eigenvalue weighted by molar-refractivity contribution is -0.147. The number of rotatable bonds is 15. The lowest BCUT2D eigenvalue weighted by Crippen LogP contribution is -2.50. The summed E-state index contributed by atoms with van der Waals surface area (Å²) in [5.41, 5.74) is 10.9. The fourth-order valence-electron chi connectivity index (χ4n) is 4.67. The van der Waals surface area contributed by atoms with Crippen molar-refractivity contribution in [3.8, 4) is 5.75 Å². The van der Waals surface area contributed by atoms with Gasteiger partial charge in [0.25, 0.3) is 0 Å². The Balaban J connectivity index is 2.06. The normalized spacial score (nSPS) is 17.1. The molecule has 36 heavy (non-hydrogen) atoms. The molecular weight excluding hydrogens is 468 g/mol. The Labute approximate surface area is 210 Å². The van der Waals surface area contributed by atoms with Crippen LogP contribution in [0.2, 0.25) is 0 Å². The SMILES string of the molecule is NCCCC[C@H](N)C(=O)NCC(CC1(C(=O)N[C@@H](Cc2ccc(O)cc2)C(=O)O)CCCC1)C(=O)O. The summed E-state index contributed by atoms with van der Waals surface area (Å²) in [7, 11) is 0. The first-order chi connectivity index (χ1) is 17.1. The standard InChI is InChI=1S/C25H38N4O7/c26-12-4-1-5-19(27)21(31)28-15-17(22(32)33)14-25(10-2-3-11-25)24(36)29-20(23(34)35)13-16-6-8-18(30)9-7-16/h6-9,17,19-20,30H,1-5,10-15,26-27H2,(H,28,31)(H,29,36)(H,32,33)(H,34,35)/t17?,19-,20-/m0/s1. The van der Waals surface area contributed by atoms with Crippen molar-refractivity contribution in [3.63, 3.8) is 0 Å². The number of carboxylic acid groups (broad SMARTS) is 2. The van der Waals surface area contributed by atoms with E-state index in [0.29, 0.717) is 50.6 Å². The first-order valence-corrected chi connectivity index (χ1v) is 12.4. The molecule has 0 heterocycles. The average molecular weight is 507 g/mol. The second-order valence-electron chi connectivity index (χ2n) is 9.60. The fraction of sp³-hybridized carbons (Fsp3) is 0.600. The van der Waals surface area contributed by atoms with Gasteiger partial charge in [0.05, 0.1) is 17.4 Å². The Hall–Kier alpha value is -3.18. The maximum atomic E-state index is 13.4. The van der Waals surface area contributed by atoms with Gasteiger partial charge in [0, 0.05) is 13.0 Å². The van der Waals surface area contributed by atoms with Gasteiger partial charge in [-0.2, -0.15) is 0 Å². The Morgan fingerprint density at radius 2 is 1.64 bits per heavy atom. The number of hydrogen-bond donors (Lipinski definition) is 7. The zero-order chi connectivity index (χ0) is 26.7. The second-order valence-corrected chi connectivity index (χ2v) is 9.60. The lowest BCUT2D eigenvalue weighted by atomic mass is 9.76. The van der Waals surface area contributed by atoms with Crippen molar-refractivity contribution in [3.05, 3.63) is 29.8 Å². The predicted octanol–water partition coefficient (Wildman–Crippen LogP) is 0.728. The quantitative estimate of drug-likeness (QED) is 0.167. The van der Waals surface area contributed by atoms with Crippen LogP contribution in [-0.4, -0.2) is 64.2 Å². The van der Waals surface area contributed by atoms with Crippen LogP contribution in [0.1, 0.15) is 56.9 Å². The molecule has 1 aromatic carbocycles. The molecular formula is C25H38N4O7. The minimum atomic E-state index is -1.21. The van der Waals surface area contributed by atoms with Crippen molar-refractivity contribution in [2.45, 2.75) is 69.9 Å². The molecule has 3 atom stereocenters. The average Bonchev–Trinajstić information content (AvgIpc) is 3.32. The van der Waals surface area contributed by atoms with Crippen LogP contribution >= 0.6 is 0 Å². The summed E-state index contributed by atoms with van der Waals surface area (Å²) in [4.78, 5) is 49.5. The molecule has 0 saturated heterocycles. The number of carbonyl (C=O) groups is 4. The van der Waals surface area contributed by atoms with Crippen molar-refractivity contribution < 1.29 is 34.5 Å². The van der Waals surface area contributed by atoms with E-state index in [1.807, 2.05) is 0 Å². The number of phenols is 1. The van der Waals surface area contributed by atoms with Crippen molar-refractivity contribution in [2.24, 2.45) is 22.8 Å². The van der Waals surface area contributed by atoms with Gasteiger partial charge in [-0.1, -0.05) is 31.4 Å². The van der Waals surface area contributed by atoms with Gasteiger partial charge in [0.15, 0.2) is 0 Å². The number of nitrogens with two attached hydrogens (primary N) is 2. The van der Waals surface area contributed by atoms with Gasteiger partial charge < -0.3 is 37.4 Å². The number of carbonyl (C=O) groups excluding carboxylic acids is 2. The molecule has 2 rings (SSSR count). The summed E-state index contributed by atoms with van der Waals surface area (Å²) in [5.74, 6) is -4.30. The smallest absolute Gasteiger partial charge is 0.326 e. The molecule has 1 aliphatic carbocycles. The van der Waals surface area contributed by atoms with Crippen LogP contribution in [0.15, 0.2) is 24.3 Å². The molecule has 1 unspecified atom stereocenters. The number of carboxylic acids is 2. The van der Waals surface area contributed by atoms with Crippen molar-refractivity contribution in [1.82, 2.24) is 10.6 Å². The highest BCUT2D eigenvalue weighted by molar-refractivity contribution is 5.88. The topological polar surface area (TPSA) is 205 Å². The Morgan fingerprint density at radius 3 is 2.19 bits per heavy atom. The van der Waals surface area contributed by atoms with Gasteiger partial charge in [-0.3, -0.25) is 14.4 Å². The summed E-state index contributed by atoms with van der Waals surface area (Å²) in [6, 6.07) is 4.04. The lowest BCUT2D eigenvalue weighted by Gasteiger charge is -2.32. The third-order valence-corrected chi connectivity index (χ3v) is 6.84. The van der Waals surface area contributed by atoms with Crippen molar-refractivity contribution in [2.75, 3.05) is 13.1 Å². The Kier molecular flexibility index (Phi) is 11.1. The number of aromatic hydroxyl groups is 1. The first kappa shape index (κ1) is 29.1. The maximum Gasteiger partial charge on any atom is 0.326 e. The van der Waals surface area contributed by atoms with Crippen molar-refractivity contribution >= 4 is 23.8 Å². The second kappa shape index (κ2) is 13.8. The van der Waals surface area contributed by atoms with Gasteiger partial charge in [-0.25, -0.2) is 4.79 Å². The van der Waals surface area contributed by atoms with E-state index in [1.165, 1.54) is 12.1 Å². The predicted molar refractivity (Wildman–Crippen MR) is 132 cm³/mol. The van der Waals surface area contributed by atoms with Crippen LogP contribution in [0.5, 0.6) is 5.75 Å². The van der Waals surface area contributed by atoms with Gasteiger partial charge in [-0.15, -0.1) is 0 Å². The molecule has 200 valence electrons. The third-order valence-electron chi connectivity index (χ3n) is 6.84. The van der Waals surface area contributed by atoms with E-state index in [0.717, 1.165) is 6.42 Å². The summed E-state index contributed by atoms with van der Waals surface area (Å²) in [5, 5.41) is 34.1. The molecule has 9 N–H and O–H groups in total. The molecule has 0 radical (unpaired) electrons. The number of nitrogens with one attached hydrogen (secondary N) is 2. The molecule has 0 aromatic heterocycles. The molecule has 0 bridgehead atoms. The zero-order valence-electron chi connectivity index (χ0n) is 20.4. The largest absolute Gasteiger partial charge is 0.508 e. The van der Waals surface area contributed by atoms with E-state index >= 15 is 0 Å². The van der Waals surface area contributed by atoms with E-state index in [-0.39, 0.29) is 25.1 Å². The third kappa shape index (κ3) is 8.49. The van der Waals surface area contributed by atoms with Crippen LogP contribution in [0.4, 0.5) is 0 Å². The minimum absolute atomic E-state index is 0.0118. The van der Waals surface area contributed by atoms with Crippen LogP contribution in [-0.2, 0) is 25.6 Å². The maximum absolute atomic E-state index is 13.4. The molecule has 1 aliphatic rings. The van der Waals surface area contributed by atoms with E-state index in [4.69, 9.17) is 11.5 Å². The van der Waals surface area contributed by atoms with Crippen LogP contribution in [0, 0.1) is 11.3 Å². The highest BCUT2D eigenvalue weighted by atomic mass is 16.4. The van der Waals surface area contributed by atoms with Gasteiger partial charge in [0.2, 0.25) is 11.8 Å². The van der Waals surface area contributed by atoms with E-state index in [1.54, 1.807) is 12.1 Å². The zero-order valence-corrected chi connectivity index (χ0v) is 20.4. The summed E-state index contributed by atoms with van der Waals surface area (Å²) in [6.45, 7) is 0.320. The minimum Gasteiger partial charge on any atom is -0.508 e. The van der Waals surface area contributed by atoms with Crippen molar-refractivity contribution in [1.29, 1.82) is 0 Å².